The van der Waals surface area contributed by atoms with E-state index in [1.165, 1.54) is 154 Å². The van der Waals surface area contributed by atoms with Crippen LogP contribution in [-0.4, -0.2) is 31.1 Å². The molecule has 0 fully saturated rings. The molecule has 0 radical (unpaired) electrons. The number of aliphatic hydroxyl groups excluding tert-OH is 1. The molecule has 0 unspecified atom stereocenters. The number of aliphatic hydroxyl groups is 1. The fourth-order valence-corrected chi connectivity index (χ4v) is 5.22. The van der Waals surface area contributed by atoms with E-state index in [2.05, 4.69) is 13.8 Å². The van der Waals surface area contributed by atoms with Crippen molar-refractivity contribution in [2.75, 3.05) is 19.8 Å². The van der Waals surface area contributed by atoms with Crippen LogP contribution in [0.2, 0.25) is 0 Å². The van der Waals surface area contributed by atoms with Crippen molar-refractivity contribution >= 4 is 6.16 Å². The van der Waals surface area contributed by atoms with Gasteiger partial charge in [0.25, 0.3) is 0 Å². The minimum Gasteiger partial charge on any atom is -0.434 e. The monoisotopic (exact) mass is 526 g/mol. The fraction of sp³-hybridized carbons (Fsp3) is 0.970. The van der Waals surface area contributed by atoms with Crippen molar-refractivity contribution in [2.24, 2.45) is 5.92 Å². The molecule has 0 spiro atoms. The van der Waals surface area contributed by atoms with Crippen LogP contribution in [0.5, 0.6) is 0 Å². The summed E-state index contributed by atoms with van der Waals surface area (Å²) < 4.78 is 10.2. The van der Waals surface area contributed by atoms with Gasteiger partial charge in [-0.2, -0.15) is 0 Å². The summed E-state index contributed by atoms with van der Waals surface area (Å²) in [6, 6.07) is 0. The van der Waals surface area contributed by atoms with E-state index in [-0.39, 0.29) is 13.2 Å². The number of carbonyl (C=O) groups is 1. The molecule has 0 aromatic carbocycles. The van der Waals surface area contributed by atoms with E-state index in [1.54, 1.807) is 0 Å². The third kappa shape index (κ3) is 29.6. The normalized spacial score (nSPS) is 11.4. The second kappa shape index (κ2) is 31.4. The predicted molar refractivity (Wildman–Crippen MR) is 159 cm³/mol. The maximum Gasteiger partial charge on any atom is 0.508 e. The zero-order valence-electron chi connectivity index (χ0n) is 25.3. The Labute approximate surface area is 232 Å². The van der Waals surface area contributed by atoms with E-state index >= 15 is 0 Å². The summed E-state index contributed by atoms with van der Waals surface area (Å²) in [6.45, 7) is 4.88. The lowest BCUT2D eigenvalue weighted by Gasteiger charge is -2.17. The average molecular weight is 527 g/mol. The second-order valence-corrected chi connectivity index (χ2v) is 11.4. The molecule has 0 bridgehead atoms. The third-order valence-corrected chi connectivity index (χ3v) is 7.68. The van der Waals surface area contributed by atoms with Crippen LogP contribution in [0.1, 0.15) is 181 Å². The van der Waals surface area contributed by atoms with Gasteiger partial charge >= 0.3 is 6.16 Å². The molecule has 0 aliphatic carbocycles. The van der Waals surface area contributed by atoms with Crippen molar-refractivity contribution in [3.63, 3.8) is 0 Å². The van der Waals surface area contributed by atoms with Crippen LogP contribution in [-0.2, 0) is 9.47 Å². The zero-order valence-corrected chi connectivity index (χ0v) is 25.3. The number of unbranched alkanes of at least 4 members (excludes halogenated alkanes) is 22. The van der Waals surface area contributed by atoms with Crippen molar-refractivity contribution in [1.29, 1.82) is 0 Å². The highest BCUT2D eigenvalue weighted by Gasteiger charge is 2.13. The summed E-state index contributed by atoms with van der Waals surface area (Å²) in [5.74, 6) is 0.438. The van der Waals surface area contributed by atoms with Gasteiger partial charge in [-0.25, -0.2) is 4.79 Å². The quantitative estimate of drug-likeness (QED) is 0.0746. The van der Waals surface area contributed by atoms with Crippen molar-refractivity contribution in [3.05, 3.63) is 0 Å². The first-order valence-corrected chi connectivity index (χ1v) is 16.6. The van der Waals surface area contributed by atoms with E-state index in [0.717, 1.165) is 12.8 Å². The molecular formula is C33H66O4. The van der Waals surface area contributed by atoms with Crippen LogP contribution < -0.4 is 0 Å². The molecule has 4 heteroatoms. The highest BCUT2D eigenvalue weighted by molar-refractivity contribution is 5.59. The Morgan fingerprint density at radius 2 is 0.838 bits per heavy atom. The Balaban J connectivity index is 3.85. The smallest absolute Gasteiger partial charge is 0.434 e. The molecule has 0 amide bonds. The Kier molecular flexibility index (Phi) is 30.8. The summed E-state index contributed by atoms with van der Waals surface area (Å²) in [5, 5.41) is 8.82. The third-order valence-electron chi connectivity index (χ3n) is 7.68. The van der Waals surface area contributed by atoms with E-state index in [0.29, 0.717) is 12.5 Å². The van der Waals surface area contributed by atoms with E-state index in [9.17, 15) is 4.79 Å². The SMILES string of the molecule is CCCCCCCCCCCCCCC(CCCCCCCCCCCCCC)COC(=O)OCCO. The summed E-state index contributed by atoms with van der Waals surface area (Å²) in [6.07, 6.45) is 34.5. The maximum atomic E-state index is 11.7. The number of ether oxygens (including phenoxy) is 2. The molecular weight excluding hydrogens is 460 g/mol. The molecule has 0 atom stereocenters. The number of hydrogen-bond donors (Lipinski definition) is 1. The van der Waals surface area contributed by atoms with Crippen molar-refractivity contribution in [1.82, 2.24) is 0 Å². The highest BCUT2D eigenvalue weighted by atomic mass is 16.7. The summed E-state index contributed by atoms with van der Waals surface area (Å²) in [7, 11) is 0. The van der Waals surface area contributed by atoms with E-state index in [4.69, 9.17) is 14.6 Å². The summed E-state index contributed by atoms with van der Waals surface area (Å²) >= 11 is 0. The van der Waals surface area contributed by atoms with Gasteiger partial charge in [0.2, 0.25) is 0 Å². The van der Waals surface area contributed by atoms with Crippen LogP contribution in [0.3, 0.4) is 0 Å². The van der Waals surface area contributed by atoms with Gasteiger partial charge in [0, 0.05) is 0 Å². The molecule has 0 saturated heterocycles. The minimum atomic E-state index is -0.636. The molecule has 0 saturated carbocycles. The topological polar surface area (TPSA) is 55.8 Å². The second-order valence-electron chi connectivity index (χ2n) is 11.4. The lowest BCUT2D eigenvalue weighted by atomic mass is 9.94. The minimum absolute atomic E-state index is 0.0149. The molecule has 0 aliphatic rings. The largest absolute Gasteiger partial charge is 0.508 e. The molecule has 222 valence electrons. The van der Waals surface area contributed by atoms with Crippen LogP contribution >= 0.6 is 0 Å². The van der Waals surface area contributed by atoms with Gasteiger partial charge in [0.1, 0.15) is 6.61 Å². The van der Waals surface area contributed by atoms with Gasteiger partial charge in [-0.15, -0.1) is 0 Å². The van der Waals surface area contributed by atoms with Gasteiger partial charge in [0.05, 0.1) is 13.2 Å². The first-order valence-electron chi connectivity index (χ1n) is 16.6. The summed E-state index contributed by atoms with van der Waals surface area (Å²) in [5.41, 5.74) is 0. The Morgan fingerprint density at radius 3 is 1.16 bits per heavy atom. The molecule has 0 rings (SSSR count). The molecule has 0 aliphatic heterocycles. The van der Waals surface area contributed by atoms with Crippen LogP contribution in [0.4, 0.5) is 4.79 Å². The molecule has 4 nitrogen and oxygen atoms in total. The Hall–Kier alpha value is -0.770. The van der Waals surface area contributed by atoms with Crippen molar-refractivity contribution in [2.45, 2.75) is 181 Å². The lowest BCUT2D eigenvalue weighted by Crippen LogP contribution is -2.16. The van der Waals surface area contributed by atoms with Gasteiger partial charge in [-0.1, -0.05) is 168 Å². The Bertz CT molecular complexity index is 412. The fourth-order valence-electron chi connectivity index (χ4n) is 5.22. The number of rotatable bonds is 30. The van der Waals surface area contributed by atoms with Crippen LogP contribution in [0, 0.1) is 5.92 Å². The lowest BCUT2D eigenvalue weighted by molar-refractivity contribution is 0.0319. The van der Waals surface area contributed by atoms with Gasteiger partial charge < -0.3 is 14.6 Å². The first-order chi connectivity index (χ1) is 18.2. The van der Waals surface area contributed by atoms with Gasteiger partial charge in [-0.05, 0) is 18.8 Å². The molecule has 37 heavy (non-hydrogen) atoms. The van der Waals surface area contributed by atoms with Gasteiger partial charge in [0.15, 0.2) is 0 Å². The van der Waals surface area contributed by atoms with Gasteiger partial charge in [-0.3, -0.25) is 0 Å². The molecule has 0 aromatic rings. The zero-order chi connectivity index (χ0) is 27.1. The highest BCUT2D eigenvalue weighted by Crippen LogP contribution is 2.21. The Morgan fingerprint density at radius 1 is 0.514 bits per heavy atom. The van der Waals surface area contributed by atoms with E-state index in [1.807, 2.05) is 0 Å². The molecule has 0 heterocycles. The molecule has 1 N–H and O–H groups in total. The predicted octanol–water partition coefficient (Wildman–Crippen LogP) is 10.9. The van der Waals surface area contributed by atoms with Crippen molar-refractivity contribution < 1.29 is 19.4 Å². The first kappa shape index (κ1) is 36.2. The maximum absolute atomic E-state index is 11.7. The van der Waals surface area contributed by atoms with E-state index < -0.39 is 6.16 Å². The van der Waals surface area contributed by atoms with Crippen molar-refractivity contribution in [3.8, 4) is 0 Å². The van der Waals surface area contributed by atoms with Crippen LogP contribution in [0.15, 0.2) is 0 Å². The molecule has 0 aromatic heterocycles. The standard InChI is InChI=1S/C33H66O4/c1-3-5-7-9-11-13-15-17-19-21-23-25-27-32(31-37-33(35)36-30-29-34)28-26-24-22-20-18-16-14-12-10-8-6-4-2/h32,34H,3-31H2,1-2H3. The number of hydrogen-bond acceptors (Lipinski definition) is 4. The summed E-state index contributed by atoms with van der Waals surface area (Å²) in [4.78, 5) is 11.7. The van der Waals surface area contributed by atoms with Crippen LogP contribution in [0.25, 0.3) is 0 Å². The number of carbonyl (C=O) groups excluding carboxylic acids is 1. The average Bonchev–Trinajstić information content (AvgIpc) is 2.91.